The van der Waals surface area contributed by atoms with Crippen LogP contribution in [0.1, 0.15) is 0 Å². The van der Waals surface area contributed by atoms with E-state index >= 15 is 0 Å². The summed E-state index contributed by atoms with van der Waals surface area (Å²) in [6.07, 6.45) is 1.58. The van der Waals surface area contributed by atoms with Crippen molar-refractivity contribution in [2.75, 3.05) is 45.1 Å². The molecule has 1 aliphatic heterocycles. The molecule has 158 valence electrons. The van der Waals surface area contributed by atoms with Crippen molar-refractivity contribution >= 4 is 29.3 Å². The predicted octanol–water partition coefficient (Wildman–Crippen LogP) is 2.41. The summed E-state index contributed by atoms with van der Waals surface area (Å²) in [4.78, 5) is 16.7. The highest BCUT2D eigenvalue weighted by atomic mass is 35.5. The van der Waals surface area contributed by atoms with Crippen molar-refractivity contribution in [2.45, 2.75) is 5.16 Å². The van der Waals surface area contributed by atoms with E-state index in [1.54, 1.807) is 18.4 Å². The number of rotatable bonds is 7. The van der Waals surface area contributed by atoms with Gasteiger partial charge in [-0.2, -0.15) is 0 Å². The minimum Gasteiger partial charge on any atom is -0.461 e. The van der Waals surface area contributed by atoms with Crippen LogP contribution in [0, 0.1) is 0 Å². The third kappa shape index (κ3) is 4.54. The van der Waals surface area contributed by atoms with Gasteiger partial charge in [-0.25, -0.2) is 0 Å². The van der Waals surface area contributed by atoms with Gasteiger partial charge in [-0.05, 0) is 24.3 Å². The maximum atomic E-state index is 12.7. The van der Waals surface area contributed by atoms with Gasteiger partial charge in [0.15, 0.2) is 10.9 Å². The molecule has 0 saturated carbocycles. The molecule has 3 aromatic rings. The third-order valence-corrected chi connectivity index (χ3v) is 6.17. The summed E-state index contributed by atoms with van der Waals surface area (Å²) in [5.74, 6) is 1.40. The van der Waals surface area contributed by atoms with Gasteiger partial charge in [-0.1, -0.05) is 35.5 Å². The van der Waals surface area contributed by atoms with E-state index in [0.717, 1.165) is 18.8 Å². The van der Waals surface area contributed by atoms with E-state index < -0.39 is 0 Å². The standard InChI is InChI=1S/C20H22ClN5O3S/c21-15-4-1-2-5-16(15)26-19(17-6-3-13-29-17)22-23-20(26)30-14-18(28)25-9-7-24(8-10-25)11-12-27/h1-6,13,27H,7-12,14H2. The maximum Gasteiger partial charge on any atom is 0.233 e. The van der Waals surface area contributed by atoms with Crippen LogP contribution in [0.25, 0.3) is 17.3 Å². The lowest BCUT2D eigenvalue weighted by atomic mass is 10.3. The van der Waals surface area contributed by atoms with E-state index in [0.29, 0.717) is 41.4 Å². The molecule has 1 aliphatic rings. The van der Waals surface area contributed by atoms with E-state index in [4.69, 9.17) is 21.1 Å². The second-order valence-corrected chi connectivity index (χ2v) is 8.15. The number of thioether (sulfide) groups is 1. The number of β-amino-alcohol motifs (C(OH)–C–C–N with tert-alkyl or cyclic N) is 1. The topological polar surface area (TPSA) is 87.6 Å². The van der Waals surface area contributed by atoms with E-state index in [1.807, 2.05) is 33.7 Å². The molecule has 0 aliphatic carbocycles. The molecule has 0 unspecified atom stereocenters. The first-order chi connectivity index (χ1) is 14.7. The number of hydrogen-bond acceptors (Lipinski definition) is 7. The average Bonchev–Trinajstić information content (AvgIpc) is 3.43. The number of furan rings is 1. The summed E-state index contributed by atoms with van der Waals surface area (Å²) in [7, 11) is 0. The van der Waals surface area contributed by atoms with Crippen LogP contribution in [0.15, 0.2) is 52.2 Å². The molecule has 0 bridgehead atoms. The number of hydrogen-bond donors (Lipinski definition) is 1. The van der Waals surface area contributed by atoms with Crippen molar-refractivity contribution in [3.05, 3.63) is 47.7 Å². The van der Waals surface area contributed by atoms with Crippen LogP contribution in [-0.2, 0) is 4.79 Å². The monoisotopic (exact) mass is 447 g/mol. The van der Waals surface area contributed by atoms with Crippen molar-refractivity contribution < 1.29 is 14.3 Å². The lowest BCUT2D eigenvalue weighted by Crippen LogP contribution is -2.49. The van der Waals surface area contributed by atoms with Crippen molar-refractivity contribution in [3.8, 4) is 17.3 Å². The van der Waals surface area contributed by atoms with Gasteiger partial charge in [0, 0.05) is 32.7 Å². The van der Waals surface area contributed by atoms with Crippen molar-refractivity contribution in [1.29, 1.82) is 0 Å². The number of nitrogens with zero attached hydrogens (tertiary/aromatic N) is 5. The molecule has 3 heterocycles. The Balaban J connectivity index is 1.51. The number of aliphatic hydroxyl groups is 1. The van der Waals surface area contributed by atoms with Crippen LogP contribution in [0.4, 0.5) is 0 Å². The number of carbonyl (C=O) groups is 1. The van der Waals surface area contributed by atoms with Crippen LogP contribution in [-0.4, -0.2) is 80.7 Å². The minimum absolute atomic E-state index is 0.0527. The Bertz CT molecular complexity index is 986. The van der Waals surface area contributed by atoms with Gasteiger partial charge in [0.25, 0.3) is 0 Å². The molecule has 1 aromatic carbocycles. The summed E-state index contributed by atoms with van der Waals surface area (Å²) in [6.45, 7) is 3.65. The number of piperazine rings is 1. The molecule has 1 fully saturated rings. The van der Waals surface area contributed by atoms with E-state index in [9.17, 15) is 4.79 Å². The van der Waals surface area contributed by atoms with E-state index in [-0.39, 0.29) is 18.3 Å². The highest BCUT2D eigenvalue weighted by Crippen LogP contribution is 2.31. The first-order valence-corrected chi connectivity index (χ1v) is 11.0. The summed E-state index contributed by atoms with van der Waals surface area (Å²) in [5.41, 5.74) is 0.725. The molecule has 2 aromatic heterocycles. The first kappa shape index (κ1) is 20.9. The quantitative estimate of drug-likeness (QED) is 0.556. The molecule has 0 spiro atoms. The largest absolute Gasteiger partial charge is 0.461 e. The number of carbonyl (C=O) groups excluding carboxylic acids is 1. The fraction of sp³-hybridized carbons (Fsp3) is 0.350. The summed E-state index contributed by atoms with van der Waals surface area (Å²) < 4.78 is 7.33. The molecule has 8 nitrogen and oxygen atoms in total. The SMILES string of the molecule is O=C(CSc1nnc(-c2ccco2)n1-c1ccccc1Cl)N1CCN(CCO)CC1. The van der Waals surface area contributed by atoms with Crippen LogP contribution in [0.3, 0.4) is 0 Å². The maximum absolute atomic E-state index is 12.7. The fourth-order valence-corrected chi connectivity index (χ4v) is 4.43. The zero-order valence-corrected chi connectivity index (χ0v) is 17.8. The molecule has 30 heavy (non-hydrogen) atoms. The number of aromatic nitrogens is 3. The molecule has 0 radical (unpaired) electrons. The Morgan fingerprint density at radius 1 is 1.13 bits per heavy atom. The Kier molecular flexibility index (Phi) is 6.73. The molecular formula is C20H22ClN5O3S. The molecular weight excluding hydrogens is 426 g/mol. The van der Waals surface area contributed by atoms with Gasteiger partial charge < -0.3 is 14.4 Å². The normalized spacial score (nSPS) is 14.9. The van der Waals surface area contributed by atoms with Gasteiger partial charge in [0.1, 0.15) is 0 Å². The van der Waals surface area contributed by atoms with Crippen LogP contribution >= 0.6 is 23.4 Å². The summed E-state index contributed by atoms with van der Waals surface area (Å²) in [5, 5.41) is 18.8. The second kappa shape index (κ2) is 9.65. The van der Waals surface area contributed by atoms with Gasteiger partial charge in [0.2, 0.25) is 11.7 Å². The number of halogens is 1. The molecule has 4 rings (SSSR count). The highest BCUT2D eigenvalue weighted by molar-refractivity contribution is 7.99. The number of amides is 1. The Morgan fingerprint density at radius 3 is 2.63 bits per heavy atom. The second-order valence-electron chi connectivity index (χ2n) is 6.81. The van der Waals surface area contributed by atoms with Crippen molar-refractivity contribution in [3.63, 3.8) is 0 Å². The Morgan fingerprint density at radius 2 is 1.93 bits per heavy atom. The third-order valence-electron chi connectivity index (χ3n) is 4.93. The number of aliphatic hydroxyl groups excluding tert-OH is 1. The van der Waals surface area contributed by atoms with E-state index in [2.05, 4.69) is 15.1 Å². The number of para-hydroxylation sites is 1. The van der Waals surface area contributed by atoms with Gasteiger partial charge in [-0.15, -0.1) is 10.2 Å². The van der Waals surface area contributed by atoms with Gasteiger partial charge in [-0.3, -0.25) is 14.3 Å². The van der Waals surface area contributed by atoms with Crippen molar-refractivity contribution in [1.82, 2.24) is 24.6 Å². The summed E-state index contributed by atoms with van der Waals surface area (Å²) in [6, 6.07) is 11.0. The minimum atomic E-state index is 0.0527. The molecule has 1 saturated heterocycles. The zero-order chi connectivity index (χ0) is 20.9. The predicted molar refractivity (Wildman–Crippen MR) is 115 cm³/mol. The molecule has 0 atom stereocenters. The Labute approximate surface area is 183 Å². The summed E-state index contributed by atoms with van der Waals surface area (Å²) >= 11 is 7.76. The molecule has 1 amide bonds. The smallest absolute Gasteiger partial charge is 0.233 e. The molecule has 1 N–H and O–H groups in total. The van der Waals surface area contributed by atoms with Gasteiger partial charge >= 0.3 is 0 Å². The fourth-order valence-electron chi connectivity index (χ4n) is 3.36. The van der Waals surface area contributed by atoms with Crippen LogP contribution in [0.5, 0.6) is 0 Å². The molecule has 10 heteroatoms. The highest BCUT2D eigenvalue weighted by Gasteiger charge is 2.23. The number of benzene rings is 1. The van der Waals surface area contributed by atoms with Crippen molar-refractivity contribution in [2.24, 2.45) is 0 Å². The first-order valence-electron chi connectivity index (χ1n) is 9.65. The van der Waals surface area contributed by atoms with Crippen LogP contribution in [0.2, 0.25) is 5.02 Å². The van der Waals surface area contributed by atoms with Gasteiger partial charge in [0.05, 0.1) is 29.3 Å². The lowest BCUT2D eigenvalue weighted by molar-refractivity contribution is -0.130. The average molecular weight is 448 g/mol. The van der Waals surface area contributed by atoms with Crippen LogP contribution < -0.4 is 0 Å². The lowest BCUT2D eigenvalue weighted by Gasteiger charge is -2.34. The Hall–Kier alpha value is -2.33. The van der Waals surface area contributed by atoms with E-state index in [1.165, 1.54) is 11.8 Å². The zero-order valence-electron chi connectivity index (χ0n) is 16.3.